The second-order valence-electron chi connectivity index (χ2n) is 11.2. The fourth-order valence-electron chi connectivity index (χ4n) is 7.13. The van der Waals surface area contributed by atoms with Crippen LogP contribution in [0.3, 0.4) is 0 Å². The van der Waals surface area contributed by atoms with Crippen molar-refractivity contribution in [3.05, 3.63) is 76.6 Å². The first-order chi connectivity index (χ1) is 19.6. The monoisotopic (exact) mass is 565 g/mol. The van der Waals surface area contributed by atoms with Crippen molar-refractivity contribution >= 4 is 17.9 Å². The van der Waals surface area contributed by atoms with Gasteiger partial charge in [-0.15, -0.1) is 0 Å². The molecule has 41 heavy (non-hydrogen) atoms. The first-order valence-electron chi connectivity index (χ1n) is 13.5. The van der Waals surface area contributed by atoms with Crippen LogP contribution in [-0.4, -0.2) is 80.7 Å². The summed E-state index contributed by atoms with van der Waals surface area (Å²) in [5.41, 5.74) is 0.502. The lowest BCUT2D eigenvalue weighted by molar-refractivity contribution is -0.175. The Morgan fingerprint density at radius 2 is 1.93 bits per heavy atom. The molecule has 6 atom stereocenters. The molecule has 216 valence electrons. The molecule has 1 spiro atoms. The van der Waals surface area contributed by atoms with Crippen LogP contribution in [0.5, 0.6) is 5.75 Å². The second kappa shape index (κ2) is 9.95. The summed E-state index contributed by atoms with van der Waals surface area (Å²) in [5.74, 6) is -3.01. The number of likely N-dealkylation sites (tertiary alicyclic amines) is 1. The molecule has 2 heterocycles. The van der Waals surface area contributed by atoms with Crippen LogP contribution < -0.4 is 4.74 Å². The molecule has 0 saturated carbocycles. The number of rotatable bonds is 8. The van der Waals surface area contributed by atoms with Crippen LogP contribution in [0.15, 0.2) is 54.3 Å². The molecule has 11 nitrogen and oxygen atoms in total. The van der Waals surface area contributed by atoms with Gasteiger partial charge >= 0.3 is 17.9 Å². The average molecular weight is 566 g/mol. The third-order valence-electron chi connectivity index (χ3n) is 9.05. The van der Waals surface area contributed by atoms with Crippen LogP contribution >= 0.6 is 0 Å². The molecular formula is C30H31NO10. The van der Waals surface area contributed by atoms with Crippen molar-refractivity contribution in [2.24, 2.45) is 0 Å². The normalized spacial score (nSPS) is 28.9. The van der Waals surface area contributed by atoms with Gasteiger partial charge in [-0.05, 0) is 38.1 Å². The fourth-order valence-corrected chi connectivity index (χ4v) is 7.13. The Hall–Kier alpha value is -3.77. The van der Waals surface area contributed by atoms with Crippen molar-refractivity contribution in [2.45, 2.75) is 67.7 Å². The van der Waals surface area contributed by atoms with Gasteiger partial charge in [0.15, 0.2) is 12.2 Å². The summed E-state index contributed by atoms with van der Waals surface area (Å²) in [6.07, 6.45) is -2.33. The summed E-state index contributed by atoms with van der Waals surface area (Å²) in [5, 5.41) is 42.1. The van der Waals surface area contributed by atoms with E-state index < -0.39 is 53.7 Å². The molecule has 4 aliphatic rings. The minimum Gasteiger partial charge on any atom is -0.481 e. The Balaban J connectivity index is 1.22. The SMILES string of the molecule is CN1CC[C@]23c4c5ccc(CO)c4O[C@H]2C(OC(=O)C[C@H](O)C(=O)O[C@H](C(=O)O)c2ccccc2)=CC[C@@]3(O)[C@H]1C5. The molecule has 1 fully saturated rings. The molecular weight excluding hydrogens is 534 g/mol. The van der Waals surface area contributed by atoms with Crippen LogP contribution in [0, 0.1) is 0 Å². The van der Waals surface area contributed by atoms with Crippen LogP contribution in [-0.2, 0) is 42.3 Å². The van der Waals surface area contributed by atoms with Gasteiger partial charge in [-0.2, -0.15) is 0 Å². The molecule has 0 amide bonds. The first-order valence-corrected chi connectivity index (χ1v) is 13.5. The molecule has 2 aromatic carbocycles. The highest BCUT2D eigenvalue weighted by Gasteiger charge is 2.71. The number of carbonyl (C=O) groups excluding carboxylic acids is 2. The zero-order chi connectivity index (χ0) is 29.1. The van der Waals surface area contributed by atoms with Gasteiger partial charge in [-0.3, -0.25) is 4.79 Å². The van der Waals surface area contributed by atoms with E-state index in [9.17, 15) is 34.8 Å². The van der Waals surface area contributed by atoms with Crippen LogP contribution in [0.4, 0.5) is 0 Å². The Morgan fingerprint density at radius 1 is 1.17 bits per heavy atom. The van der Waals surface area contributed by atoms with Crippen LogP contribution in [0.25, 0.3) is 0 Å². The van der Waals surface area contributed by atoms with E-state index in [1.54, 1.807) is 30.3 Å². The summed E-state index contributed by atoms with van der Waals surface area (Å²) in [4.78, 5) is 39.3. The number of carboxylic acid groups (broad SMARTS) is 1. The minimum absolute atomic E-state index is 0.157. The number of aliphatic hydroxyl groups excluding tert-OH is 2. The predicted octanol–water partition coefficient (Wildman–Crippen LogP) is 1.12. The predicted molar refractivity (Wildman–Crippen MR) is 140 cm³/mol. The lowest BCUT2D eigenvalue weighted by Crippen LogP contribution is -2.74. The molecule has 0 unspecified atom stereocenters. The number of carbonyl (C=O) groups is 3. The number of hydrogen-bond acceptors (Lipinski definition) is 10. The number of benzene rings is 2. The molecule has 1 saturated heterocycles. The van der Waals surface area contributed by atoms with Crippen molar-refractivity contribution in [1.29, 1.82) is 0 Å². The van der Waals surface area contributed by atoms with E-state index in [4.69, 9.17) is 14.2 Å². The van der Waals surface area contributed by atoms with E-state index in [2.05, 4.69) is 4.90 Å². The third kappa shape index (κ3) is 4.06. The van der Waals surface area contributed by atoms with Crippen molar-refractivity contribution in [2.75, 3.05) is 13.6 Å². The number of aliphatic carboxylic acids is 1. The first kappa shape index (κ1) is 27.4. The van der Waals surface area contributed by atoms with Crippen LogP contribution in [0.1, 0.15) is 47.6 Å². The van der Waals surface area contributed by atoms with Gasteiger partial charge in [0.05, 0.1) is 24.0 Å². The van der Waals surface area contributed by atoms with Crippen molar-refractivity contribution < 1.29 is 49.0 Å². The molecule has 2 bridgehead atoms. The molecule has 2 aliphatic carbocycles. The third-order valence-corrected chi connectivity index (χ3v) is 9.05. The number of nitrogens with zero attached hydrogens (tertiary/aromatic N) is 1. The van der Waals surface area contributed by atoms with Crippen molar-refractivity contribution in [1.82, 2.24) is 4.90 Å². The average Bonchev–Trinajstić information content (AvgIpc) is 3.31. The summed E-state index contributed by atoms with van der Waals surface area (Å²) in [7, 11) is 1.97. The second-order valence-corrected chi connectivity index (χ2v) is 11.2. The zero-order valence-corrected chi connectivity index (χ0v) is 22.4. The summed E-state index contributed by atoms with van der Waals surface area (Å²) in [6, 6.07) is 11.3. The van der Waals surface area contributed by atoms with Crippen LogP contribution in [0.2, 0.25) is 0 Å². The Kier molecular flexibility index (Phi) is 6.65. The largest absolute Gasteiger partial charge is 0.481 e. The zero-order valence-electron chi connectivity index (χ0n) is 22.4. The maximum Gasteiger partial charge on any atom is 0.349 e. The van der Waals surface area contributed by atoms with Crippen molar-refractivity contribution in [3.63, 3.8) is 0 Å². The van der Waals surface area contributed by atoms with Gasteiger partial charge in [-0.25, -0.2) is 9.59 Å². The van der Waals surface area contributed by atoms with Gasteiger partial charge in [0.1, 0.15) is 11.5 Å². The maximum atomic E-state index is 13.0. The topological polar surface area (TPSA) is 163 Å². The summed E-state index contributed by atoms with van der Waals surface area (Å²) in [6.45, 7) is 0.410. The van der Waals surface area contributed by atoms with Crippen molar-refractivity contribution in [3.8, 4) is 5.75 Å². The van der Waals surface area contributed by atoms with Gasteiger partial charge < -0.3 is 39.5 Å². The van der Waals surface area contributed by atoms with E-state index in [1.807, 2.05) is 13.1 Å². The number of ether oxygens (including phenoxy) is 3. The van der Waals surface area contributed by atoms with E-state index >= 15 is 0 Å². The quantitative estimate of drug-likeness (QED) is 0.339. The highest BCUT2D eigenvalue weighted by atomic mass is 16.6. The van der Waals surface area contributed by atoms with E-state index in [-0.39, 0.29) is 30.4 Å². The Bertz CT molecular complexity index is 1440. The lowest BCUT2D eigenvalue weighted by Gasteiger charge is -2.61. The van der Waals surface area contributed by atoms with Gasteiger partial charge in [0.2, 0.25) is 6.10 Å². The number of carboxylic acids is 1. The lowest BCUT2D eigenvalue weighted by atomic mass is 9.50. The minimum atomic E-state index is -1.97. The molecule has 4 N–H and O–H groups in total. The summed E-state index contributed by atoms with van der Waals surface area (Å²) < 4.78 is 17.1. The molecule has 0 radical (unpaired) electrons. The Morgan fingerprint density at radius 3 is 2.63 bits per heavy atom. The highest BCUT2D eigenvalue weighted by molar-refractivity contribution is 5.85. The van der Waals surface area contributed by atoms with Gasteiger partial charge in [0, 0.05) is 29.2 Å². The smallest absolute Gasteiger partial charge is 0.349 e. The molecule has 11 heteroatoms. The number of aliphatic hydroxyl groups is 3. The fraction of sp³-hybridized carbons (Fsp3) is 0.433. The van der Waals surface area contributed by atoms with E-state index in [0.717, 1.165) is 11.1 Å². The molecule has 2 aromatic rings. The number of hydrogen-bond donors (Lipinski definition) is 4. The standard InChI is InChI=1S/C30H31NO10/c1-31-12-11-29-23-17-7-8-18(15-32)24(23)40-26(29)20(9-10-30(29,38)21(31)13-17)39-22(34)14-19(33)28(37)41-25(27(35)36)16-5-3-2-4-6-16/h2-9,19,21,25-26,32-33,38H,10-15H2,1H3,(H,35,36)/t19-,21+,25-,26-,29-,30+/m0/s1. The molecule has 6 rings (SSSR count). The van der Waals surface area contributed by atoms with Gasteiger partial charge in [-0.1, -0.05) is 42.5 Å². The van der Waals surface area contributed by atoms with E-state index in [0.29, 0.717) is 30.7 Å². The maximum absolute atomic E-state index is 13.0. The molecule has 0 aromatic heterocycles. The van der Waals surface area contributed by atoms with E-state index in [1.165, 1.54) is 12.1 Å². The highest BCUT2D eigenvalue weighted by Crippen LogP contribution is 2.64. The Labute approximate surface area is 235 Å². The summed E-state index contributed by atoms with van der Waals surface area (Å²) >= 11 is 0. The number of piperidine rings is 1. The molecule has 2 aliphatic heterocycles. The number of likely N-dealkylation sites (N-methyl/N-ethyl adjacent to an activating group) is 1. The number of esters is 2. The van der Waals surface area contributed by atoms with Gasteiger partial charge in [0.25, 0.3) is 0 Å².